The third kappa shape index (κ3) is 3.30. The summed E-state index contributed by atoms with van der Waals surface area (Å²) in [6.07, 6.45) is 5.55. The van der Waals surface area contributed by atoms with Crippen molar-refractivity contribution < 1.29 is 9.84 Å². The van der Waals surface area contributed by atoms with Gasteiger partial charge in [-0.2, -0.15) is 0 Å². The smallest absolute Gasteiger partial charge is 0.158 e. The number of phenolic OH excluding ortho intramolecular Hbond substituents is 1. The van der Waals surface area contributed by atoms with Crippen LogP contribution >= 0.6 is 11.6 Å². The van der Waals surface area contributed by atoms with Crippen molar-refractivity contribution >= 4 is 28.2 Å². The Morgan fingerprint density at radius 3 is 2.92 bits per heavy atom. The average Bonchev–Trinajstić information content (AvgIpc) is 2.63. The Hall–Kier alpha value is -2.44. The van der Waals surface area contributed by atoms with E-state index in [0.717, 1.165) is 30.2 Å². The molecule has 1 saturated heterocycles. The van der Waals surface area contributed by atoms with Crippen LogP contribution in [-0.4, -0.2) is 39.0 Å². The molecule has 1 aliphatic heterocycles. The van der Waals surface area contributed by atoms with Crippen LogP contribution in [0.25, 0.3) is 22.0 Å². The molecule has 1 aliphatic rings. The first-order valence-corrected chi connectivity index (χ1v) is 8.97. The minimum Gasteiger partial charge on any atom is -0.507 e. The second-order valence-electron chi connectivity index (χ2n) is 6.53. The number of halogens is 1. The van der Waals surface area contributed by atoms with Gasteiger partial charge in [0.15, 0.2) is 5.82 Å². The number of phenols is 1. The van der Waals surface area contributed by atoms with Gasteiger partial charge in [-0.1, -0.05) is 11.6 Å². The van der Waals surface area contributed by atoms with Crippen molar-refractivity contribution in [3.63, 3.8) is 0 Å². The highest BCUT2D eigenvalue weighted by molar-refractivity contribution is 6.30. The quantitative estimate of drug-likeness (QED) is 0.724. The SMILES string of the molecule is C[C@@H]1C[C@@H](Nc2nnc(-c3ccc(Cl)cc3O)c3ccncc23)CCO1. The van der Waals surface area contributed by atoms with Crippen molar-refractivity contribution in [1.82, 2.24) is 15.2 Å². The Balaban J connectivity index is 1.76. The van der Waals surface area contributed by atoms with Gasteiger partial charge < -0.3 is 15.2 Å². The maximum absolute atomic E-state index is 10.3. The van der Waals surface area contributed by atoms with Gasteiger partial charge >= 0.3 is 0 Å². The van der Waals surface area contributed by atoms with Gasteiger partial charge in [0.25, 0.3) is 0 Å². The highest BCUT2D eigenvalue weighted by Gasteiger charge is 2.21. The van der Waals surface area contributed by atoms with Gasteiger partial charge in [0.05, 0.1) is 6.10 Å². The van der Waals surface area contributed by atoms with E-state index >= 15 is 0 Å². The molecule has 26 heavy (non-hydrogen) atoms. The van der Waals surface area contributed by atoms with E-state index in [9.17, 15) is 5.11 Å². The van der Waals surface area contributed by atoms with Crippen molar-refractivity contribution in [2.24, 2.45) is 0 Å². The van der Waals surface area contributed by atoms with Crippen LogP contribution in [0.3, 0.4) is 0 Å². The lowest BCUT2D eigenvalue weighted by Gasteiger charge is -2.28. The molecule has 3 heterocycles. The summed E-state index contributed by atoms with van der Waals surface area (Å²) in [7, 11) is 0. The molecular formula is C19H19ClN4O2. The third-order valence-corrected chi connectivity index (χ3v) is 4.86. The van der Waals surface area contributed by atoms with Crippen molar-refractivity contribution in [3.05, 3.63) is 41.7 Å². The Morgan fingerprint density at radius 2 is 2.12 bits per heavy atom. The van der Waals surface area contributed by atoms with E-state index in [1.54, 1.807) is 24.5 Å². The van der Waals surface area contributed by atoms with E-state index in [0.29, 0.717) is 22.1 Å². The summed E-state index contributed by atoms with van der Waals surface area (Å²) in [5, 5.41) is 24.7. The molecule has 4 rings (SSSR count). The van der Waals surface area contributed by atoms with E-state index in [4.69, 9.17) is 16.3 Å². The number of ether oxygens (including phenoxy) is 1. The molecule has 2 N–H and O–H groups in total. The number of pyridine rings is 1. The number of benzene rings is 1. The average molecular weight is 371 g/mol. The molecule has 0 spiro atoms. The lowest BCUT2D eigenvalue weighted by molar-refractivity contribution is 0.0232. The van der Waals surface area contributed by atoms with Crippen LogP contribution in [0.4, 0.5) is 5.82 Å². The Morgan fingerprint density at radius 1 is 1.23 bits per heavy atom. The number of nitrogens with zero attached hydrogens (tertiary/aromatic N) is 3. The zero-order valence-corrected chi connectivity index (χ0v) is 15.1. The Kier molecular flexibility index (Phi) is 4.61. The predicted octanol–water partition coefficient (Wildman–Crippen LogP) is 4.03. The zero-order valence-electron chi connectivity index (χ0n) is 14.3. The highest BCUT2D eigenvalue weighted by Crippen LogP contribution is 2.35. The van der Waals surface area contributed by atoms with E-state index in [1.165, 1.54) is 6.07 Å². The molecule has 0 unspecified atom stereocenters. The van der Waals surface area contributed by atoms with E-state index in [1.807, 2.05) is 6.07 Å². The van der Waals surface area contributed by atoms with Crippen LogP contribution in [-0.2, 0) is 4.74 Å². The summed E-state index contributed by atoms with van der Waals surface area (Å²) in [6, 6.07) is 7.13. The molecule has 1 aromatic carbocycles. The molecule has 134 valence electrons. The maximum atomic E-state index is 10.3. The van der Waals surface area contributed by atoms with Crippen molar-refractivity contribution in [1.29, 1.82) is 0 Å². The first-order chi connectivity index (χ1) is 12.6. The Labute approximate surface area is 156 Å². The lowest BCUT2D eigenvalue weighted by Crippen LogP contribution is -2.32. The van der Waals surface area contributed by atoms with Gasteiger partial charge in [-0.15, -0.1) is 10.2 Å². The molecule has 0 aliphatic carbocycles. The lowest BCUT2D eigenvalue weighted by atomic mass is 10.0. The minimum absolute atomic E-state index is 0.0730. The molecule has 0 saturated carbocycles. The molecular weight excluding hydrogens is 352 g/mol. The van der Waals surface area contributed by atoms with Crippen LogP contribution in [0.5, 0.6) is 5.75 Å². The summed E-state index contributed by atoms with van der Waals surface area (Å²) < 4.78 is 5.61. The van der Waals surface area contributed by atoms with Crippen LogP contribution < -0.4 is 5.32 Å². The summed E-state index contributed by atoms with van der Waals surface area (Å²) in [5.74, 6) is 0.772. The molecule has 2 atom stereocenters. The number of aromatic nitrogens is 3. The molecule has 0 amide bonds. The van der Waals surface area contributed by atoms with Gasteiger partial charge in [-0.05, 0) is 44.0 Å². The first-order valence-electron chi connectivity index (χ1n) is 8.59. The number of hydrogen-bond donors (Lipinski definition) is 2. The first kappa shape index (κ1) is 17.0. The molecule has 3 aromatic rings. The number of rotatable bonds is 3. The molecule has 0 bridgehead atoms. The van der Waals surface area contributed by atoms with Crippen molar-refractivity contribution in [3.8, 4) is 17.0 Å². The fraction of sp³-hybridized carbons (Fsp3) is 0.316. The zero-order chi connectivity index (χ0) is 18.1. The summed E-state index contributed by atoms with van der Waals surface area (Å²) in [5.41, 5.74) is 1.19. The summed E-state index contributed by atoms with van der Waals surface area (Å²) in [6.45, 7) is 2.81. The highest BCUT2D eigenvalue weighted by atomic mass is 35.5. The summed E-state index contributed by atoms with van der Waals surface area (Å²) in [4.78, 5) is 4.24. The Bertz CT molecular complexity index is 950. The number of anilines is 1. The van der Waals surface area contributed by atoms with Gasteiger partial charge in [0.2, 0.25) is 0 Å². The topological polar surface area (TPSA) is 80.2 Å². The third-order valence-electron chi connectivity index (χ3n) is 4.62. The molecule has 1 fully saturated rings. The fourth-order valence-corrected chi connectivity index (χ4v) is 3.50. The maximum Gasteiger partial charge on any atom is 0.158 e. The van der Waals surface area contributed by atoms with Gasteiger partial charge in [0.1, 0.15) is 11.4 Å². The largest absolute Gasteiger partial charge is 0.507 e. The van der Waals surface area contributed by atoms with E-state index < -0.39 is 0 Å². The second-order valence-corrected chi connectivity index (χ2v) is 6.96. The van der Waals surface area contributed by atoms with Gasteiger partial charge in [0, 0.05) is 46.4 Å². The van der Waals surface area contributed by atoms with Crippen LogP contribution in [0, 0.1) is 0 Å². The van der Waals surface area contributed by atoms with E-state index in [2.05, 4.69) is 27.4 Å². The molecule has 6 nitrogen and oxygen atoms in total. The van der Waals surface area contributed by atoms with Crippen molar-refractivity contribution in [2.75, 3.05) is 11.9 Å². The molecule has 7 heteroatoms. The normalized spacial score (nSPS) is 20.2. The number of hydrogen-bond acceptors (Lipinski definition) is 6. The number of nitrogens with one attached hydrogen (secondary N) is 1. The fourth-order valence-electron chi connectivity index (χ4n) is 3.33. The van der Waals surface area contributed by atoms with E-state index in [-0.39, 0.29) is 17.9 Å². The van der Waals surface area contributed by atoms with Crippen LogP contribution in [0.15, 0.2) is 36.7 Å². The molecule has 2 aromatic heterocycles. The predicted molar refractivity (Wildman–Crippen MR) is 102 cm³/mol. The number of aromatic hydroxyl groups is 1. The second kappa shape index (κ2) is 7.05. The van der Waals surface area contributed by atoms with Gasteiger partial charge in [-0.3, -0.25) is 4.98 Å². The van der Waals surface area contributed by atoms with Crippen LogP contribution in [0.2, 0.25) is 5.02 Å². The van der Waals surface area contributed by atoms with Crippen LogP contribution in [0.1, 0.15) is 19.8 Å². The number of fused-ring (bicyclic) bond motifs is 1. The monoisotopic (exact) mass is 370 g/mol. The van der Waals surface area contributed by atoms with Gasteiger partial charge in [-0.25, -0.2) is 0 Å². The molecule has 0 radical (unpaired) electrons. The standard InChI is InChI=1S/C19H19ClN4O2/c1-11-8-13(5-7-26-11)22-19-16-10-21-6-4-14(16)18(23-24-19)15-3-2-12(20)9-17(15)25/h2-4,6,9-11,13,25H,5,7-8H2,1H3,(H,22,24)/t11-,13+/m1/s1. The summed E-state index contributed by atoms with van der Waals surface area (Å²) >= 11 is 5.94. The minimum atomic E-state index is 0.0730. The van der Waals surface area contributed by atoms with Crippen molar-refractivity contribution in [2.45, 2.75) is 31.9 Å².